The molecule has 0 aromatic carbocycles. The molecule has 1 heterocycles. The Balaban J connectivity index is 1.60. The maximum atomic E-state index is 6.37. The van der Waals surface area contributed by atoms with Crippen molar-refractivity contribution < 1.29 is 0 Å². The highest BCUT2D eigenvalue weighted by atomic mass is 15.1. The van der Waals surface area contributed by atoms with Crippen molar-refractivity contribution in [3.8, 4) is 0 Å². The molecule has 0 saturated heterocycles. The first-order valence-electron chi connectivity index (χ1n) is 7.07. The number of aryl methyl sites for hydroxylation is 1. The molecule has 0 amide bonds. The predicted molar refractivity (Wildman–Crippen MR) is 68.5 cm³/mol. The summed E-state index contributed by atoms with van der Waals surface area (Å²) in [6.45, 7) is 3.27. The van der Waals surface area contributed by atoms with Crippen molar-refractivity contribution in [2.24, 2.45) is 23.5 Å². The van der Waals surface area contributed by atoms with E-state index in [1.54, 1.807) is 0 Å². The summed E-state index contributed by atoms with van der Waals surface area (Å²) >= 11 is 0. The zero-order valence-corrected chi connectivity index (χ0v) is 10.7. The van der Waals surface area contributed by atoms with Crippen LogP contribution in [-0.4, -0.2) is 15.6 Å². The average Bonchev–Trinajstić information content (AvgIpc) is 2.68. The van der Waals surface area contributed by atoms with Gasteiger partial charge >= 0.3 is 0 Å². The van der Waals surface area contributed by atoms with Crippen molar-refractivity contribution in [3.63, 3.8) is 0 Å². The van der Waals surface area contributed by atoms with Gasteiger partial charge in [-0.2, -0.15) is 0 Å². The summed E-state index contributed by atoms with van der Waals surface area (Å²) in [6, 6.07) is 0.336. The number of hydrogen-bond donors (Lipinski definition) is 1. The van der Waals surface area contributed by atoms with E-state index in [0.29, 0.717) is 6.04 Å². The number of hydrogen-bond acceptors (Lipinski definition) is 2. The lowest BCUT2D eigenvalue weighted by molar-refractivity contribution is 0.467. The van der Waals surface area contributed by atoms with Gasteiger partial charge in [0.25, 0.3) is 0 Å². The predicted octanol–water partition coefficient (Wildman–Crippen LogP) is 2.21. The minimum Gasteiger partial charge on any atom is -0.335 e. The number of nitrogens with two attached hydrogens (primary N) is 1. The van der Waals surface area contributed by atoms with E-state index < -0.39 is 0 Å². The highest BCUT2D eigenvalue weighted by Gasteiger charge is 2.54. The average molecular weight is 233 g/mol. The molecule has 3 heteroatoms. The monoisotopic (exact) mass is 233 g/mol. The maximum absolute atomic E-state index is 6.37. The van der Waals surface area contributed by atoms with Crippen molar-refractivity contribution in [1.29, 1.82) is 0 Å². The fourth-order valence-electron chi connectivity index (χ4n) is 3.83. The number of aromatic nitrogens is 2. The Morgan fingerprint density at radius 3 is 2.94 bits per heavy atom. The number of nitrogens with zero attached hydrogens (tertiary/aromatic N) is 2. The molecule has 2 N–H and O–H groups in total. The smallest absolute Gasteiger partial charge is 0.110 e. The summed E-state index contributed by atoms with van der Waals surface area (Å²) in [6.07, 6.45) is 10.4. The second-order valence-electron chi connectivity index (χ2n) is 5.74. The molecule has 17 heavy (non-hydrogen) atoms. The van der Waals surface area contributed by atoms with Crippen LogP contribution in [0.3, 0.4) is 0 Å². The number of rotatable bonds is 5. The maximum Gasteiger partial charge on any atom is 0.110 e. The first-order valence-corrected chi connectivity index (χ1v) is 7.07. The van der Waals surface area contributed by atoms with Crippen molar-refractivity contribution in [1.82, 2.24) is 9.55 Å². The molecule has 0 bridgehead atoms. The lowest BCUT2D eigenvalue weighted by Gasteiger charge is -2.14. The first kappa shape index (κ1) is 11.3. The molecule has 3 unspecified atom stereocenters. The van der Waals surface area contributed by atoms with E-state index in [4.69, 9.17) is 5.73 Å². The molecule has 2 aliphatic carbocycles. The molecular formula is C14H23N3. The Morgan fingerprint density at radius 1 is 1.47 bits per heavy atom. The molecule has 2 aliphatic rings. The zero-order chi connectivity index (χ0) is 11.8. The number of imidazole rings is 1. The molecule has 2 fully saturated rings. The minimum atomic E-state index is 0.336. The van der Waals surface area contributed by atoms with E-state index in [0.717, 1.165) is 37.1 Å². The van der Waals surface area contributed by atoms with Gasteiger partial charge in [0.15, 0.2) is 0 Å². The molecule has 0 aliphatic heterocycles. The van der Waals surface area contributed by atoms with Crippen LogP contribution < -0.4 is 5.73 Å². The molecule has 2 saturated carbocycles. The van der Waals surface area contributed by atoms with Crippen molar-refractivity contribution >= 4 is 0 Å². The van der Waals surface area contributed by atoms with Gasteiger partial charge in [0.05, 0.1) is 0 Å². The Kier molecular flexibility index (Phi) is 2.95. The van der Waals surface area contributed by atoms with E-state index in [-0.39, 0.29) is 0 Å². The first-order chi connectivity index (χ1) is 8.31. The SMILES string of the molecule is CCCn1ccnc1CC(N)C1C2CCCC21. The van der Waals surface area contributed by atoms with Crippen molar-refractivity contribution in [2.45, 2.75) is 51.6 Å². The van der Waals surface area contributed by atoms with Gasteiger partial charge < -0.3 is 10.3 Å². The van der Waals surface area contributed by atoms with Crippen LogP contribution in [0.15, 0.2) is 12.4 Å². The van der Waals surface area contributed by atoms with E-state index in [2.05, 4.69) is 22.7 Å². The largest absolute Gasteiger partial charge is 0.335 e. The molecule has 3 rings (SSSR count). The van der Waals surface area contributed by atoms with Crippen LogP contribution in [0.2, 0.25) is 0 Å². The van der Waals surface area contributed by atoms with Gasteiger partial charge in [-0.3, -0.25) is 0 Å². The third-order valence-electron chi connectivity index (χ3n) is 4.65. The molecule has 0 spiro atoms. The van der Waals surface area contributed by atoms with Gasteiger partial charge in [-0.05, 0) is 37.0 Å². The molecule has 3 atom stereocenters. The Hall–Kier alpha value is -0.830. The normalized spacial score (nSPS) is 32.5. The zero-order valence-electron chi connectivity index (χ0n) is 10.7. The second-order valence-corrected chi connectivity index (χ2v) is 5.74. The van der Waals surface area contributed by atoms with E-state index in [9.17, 15) is 0 Å². The van der Waals surface area contributed by atoms with Gasteiger partial charge in [-0.15, -0.1) is 0 Å². The van der Waals surface area contributed by atoms with E-state index >= 15 is 0 Å². The van der Waals surface area contributed by atoms with Gasteiger partial charge in [-0.25, -0.2) is 4.98 Å². The summed E-state index contributed by atoms with van der Waals surface area (Å²) in [7, 11) is 0. The Bertz CT molecular complexity index is 375. The van der Waals surface area contributed by atoms with Crippen LogP contribution in [0.5, 0.6) is 0 Å². The van der Waals surface area contributed by atoms with Crippen LogP contribution in [0.25, 0.3) is 0 Å². The fraction of sp³-hybridized carbons (Fsp3) is 0.786. The van der Waals surface area contributed by atoms with E-state index in [1.807, 2.05) is 6.20 Å². The highest BCUT2D eigenvalue weighted by molar-refractivity contribution is 5.08. The van der Waals surface area contributed by atoms with Crippen LogP contribution >= 0.6 is 0 Å². The summed E-state index contributed by atoms with van der Waals surface area (Å²) in [4.78, 5) is 4.46. The quantitative estimate of drug-likeness (QED) is 0.847. The Labute approximate surface area is 103 Å². The van der Waals surface area contributed by atoms with Crippen molar-refractivity contribution in [2.75, 3.05) is 0 Å². The standard InChI is InChI=1S/C14H23N3/c1-2-7-17-8-6-16-13(17)9-12(15)14-10-4-3-5-11(10)14/h6,8,10-12,14H,2-5,7,9,15H2,1H3. The molecule has 0 radical (unpaired) electrons. The lowest BCUT2D eigenvalue weighted by atomic mass is 10.0. The molecule has 1 aromatic rings. The third-order valence-corrected chi connectivity index (χ3v) is 4.65. The summed E-state index contributed by atoms with van der Waals surface area (Å²) in [5.41, 5.74) is 6.37. The van der Waals surface area contributed by atoms with E-state index in [1.165, 1.54) is 25.1 Å². The molecule has 1 aromatic heterocycles. The molecule has 94 valence electrons. The fourth-order valence-corrected chi connectivity index (χ4v) is 3.83. The summed E-state index contributed by atoms with van der Waals surface area (Å²) in [5.74, 6) is 3.90. The topological polar surface area (TPSA) is 43.8 Å². The molecular weight excluding hydrogens is 210 g/mol. The van der Waals surface area contributed by atoms with Crippen LogP contribution in [-0.2, 0) is 13.0 Å². The van der Waals surface area contributed by atoms with Crippen molar-refractivity contribution in [3.05, 3.63) is 18.2 Å². The highest BCUT2D eigenvalue weighted by Crippen LogP contribution is 2.58. The van der Waals surface area contributed by atoms with Gasteiger partial charge in [-0.1, -0.05) is 13.3 Å². The molecule has 3 nitrogen and oxygen atoms in total. The second kappa shape index (κ2) is 4.45. The number of fused-ring (bicyclic) bond motifs is 1. The van der Waals surface area contributed by atoms with Crippen LogP contribution in [0.1, 0.15) is 38.4 Å². The van der Waals surface area contributed by atoms with Crippen LogP contribution in [0, 0.1) is 17.8 Å². The Morgan fingerprint density at radius 2 is 2.24 bits per heavy atom. The van der Waals surface area contributed by atoms with Gasteiger partial charge in [0.1, 0.15) is 5.82 Å². The van der Waals surface area contributed by atoms with Gasteiger partial charge in [0.2, 0.25) is 0 Å². The third kappa shape index (κ3) is 2.01. The van der Waals surface area contributed by atoms with Crippen LogP contribution in [0.4, 0.5) is 0 Å². The van der Waals surface area contributed by atoms with Gasteiger partial charge in [0, 0.05) is 31.4 Å². The summed E-state index contributed by atoms with van der Waals surface area (Å²) < 4.78 is 2.26. The lowest BCUT2D eigenvalue weighted by Crippen LogP contribution is -2.29. The summed E-state index contributed by atoms with van der Waals surface area (Å²) in [5, 5.41) is 0. The minimum absolute atomic E-state index is 0.336.